The van der Waals surface area contributed by atoms with Crippen LogP contribution in [0, 0.1) is 0 Å². The summed E-state index contributed by atoms with van der Waals surface area (Å²) >= 11 is 0. The van der Waals surface area contributed by atoms with Gasteiger partial charge >= 0.3 is 0 Å². The maximum absolute atomic E-state index is 12.2. The zero-order valence-corrected chi connectivity index (χ0v) is 14.9. The molecule has 0 radical (unpaired) electrons. The Kier molecular flexibility index (Phi) is 10.4. The highest BCUT2D eigenvalue weighted by molar-refractivity contribution is 5.85. The maximum atomic E-state index is 12.2. The average molecular weight is 348 g/mol. The minimum Gasteiger partial charge on any atom is -0.353 e. The van der Waals surface area contributed by atoms with Gasteiger partial charge < -0.3 is 15.5 Å². The summed E-state index contributed by atoms with van der Waals surface area (Å²) in [4.78, 5) is 14.3. The van der Waals surface area contributed by atoms with Gasteiger partial charge in [-0.05, 0) is 39.0 Å². The number of halogens is 2. The van der Waals surface area contributed by atoms with Gasteiger partial charge in [0.15, 0.2) is 0 Å². The lowest BCUT2D eigenvalue weighted by molar-refractivity contribution is -0.123. The first-order valence-corrected chi connectivity index (χ1v) is 7.41. The number of likely N-dealkylation sites (N-methyl/N-ethyl adjacent to an activating group) is 1. The number of nitrogens with one attached hydrogen (secondary N) is 2. The molecule has 0 saturated carbocycles. The van der Waals surface area contributed by atoms with Gasteiger partial charge in [-0.2, -0.15) is 0 Å². The number of benzene rings is 1. The fourth-order valence-electron chi connectivity index (χ4n) is 2.67. The molecule has 0 aromatic heterocycles. The maximum Gasteiger partial charge on any atom is 0.237 e. The molecule has 1 fully saturated rings. The first kappa shape index (κ1) is 21.2. The van der Waals surface area contributed by atoms with Crippen LogP contribution >= 0.6 is 24.8 Å². The Hall–Kier alpha value is -0.810. The van der Waals surface area contributed by atoms with Crippen LogP contribution in [0.25, 0.3) is 0 Å². The lowest BCUT2D eigenvalue weighted by atomic mass is 10.0. The van der Waals surface area contributed by atoms with E-state index in [1.54, 1.807) is 0 Å². The third kappa shape index (κ3) is 6.13. The number of rotatable bonds is 5. The first-order valence-electron chi connectivity index (χ1n) is 7.41. The van der Waals surface area contributed by atoms with E-state index in [-0.39, 0.29) is 42.8 Å². The Morgan fingerprint density at radius 2 is 1.95 bits per heavy atom. The molecule has 22 heavy (non-hydrogen) atoms. The quantitative estimate of drug-likeness (QED) is 0.859. The number of hydrogen-bond acceptors (Lipinski definition) is 3. The molecule has 1 aliphatic rings. The summed E-state index contributed by atoms with van der Waals surface area (Å²) in [5, 5.41) is 6.38. The molecule has 1 aliphatic heterocycles. The molecule has 1 heterocycles. The molecule has 2 atom stereocenters. The van der Waals surface area contributed by atoms with Crippen molar-refractivity contribution in [3.05, 3.63) is 35.9 Å². The second kappa shape index (κ2) is 10.8. The van der Waals surface area contributed by atoms with Crippen molar-refractivity contribution in [2.45, 2.75) is 31.3 Å². The summed E-state index contributed by atoms with van der Waals surface area (Å²) in [6.07, 6.45) is 3.26. The number of nitrogens with zero attached hydrogens (tertiary/aromatic N) is 1. The third-order valence-corrected chi connectivity index (χ3v) is 3.90. The molecule has 0 bridgehead atoms. The van der Waals surface area contributed by atoms with E-state index in [1.807, 2.05) is 32.3 Å². The van der Waals surface area contributed by atoms with Crippen LogP contribution in [0.15, 0.2) is 30.3 Å². The van der Waals surface area contributed by atoms with Gasteiger partial charge in [0.2, 0.25) is 5.91 Å². The van der Waals surface area contributed by atoms with Gasteiger partial charge in [0.1, 0.15) is 0 Å². The van der Waals surface area contributed by atoms with Gasteiger partial charge in [-0.3, -0.25) is 4.79 Å². The number of carbonyl (C=O) groups excluding carboxylic acids is 1. The van der Waals surface area contributed by atoms with E-state index in [0.29, 0.717) is 6.54 Å². The zero-order chi connectivity index (χ0) is 14.4. The Morgan fingerprint density at radius 1 is 1.27 bits per heavy atom. The van der Waals surface area contributed by atoms with Crippen molar-refractivity contribution >= 4 is 30.7 Å². The van der Waals surface area contributed by atoms with Gasteiger partial charge in [-0.1, -0.05) is 36.8 Å². The van der Waals surface area contributed by atoms with Crippen molar-refractivity contribution in [3.63, 3.8) is 0 Å². The van der Waals surface area contributed by atoms with Gasteiger partial charge in [-0.25, -0.2) is 0 Å². The topological polar surface area (TPSA) is 44.4 Å². The second-order valence-electron chi connectivity index (χ2n) is 5.64. The number of hydrogen-bond donors (Lipinski definition) is 2. The lowest BCUT2D eigenvalue weighted by Crippen LogP contribution is -2.48. The van der Waals surface area contributed by atoms with Crippen LogP contribution < -0.4 is 10.6 Å². The number of amides is 1. The van der Waals surface area contributed by atoms with Crippen LogP contribution in [0.4, 0.5) is 0 Å². The van der Waals surface area contributed by atoms with E-state index in [1.165, 1.54) is 12.0 Å². The summed E-state index contributed by atoms with van der Waals surface area (Å²) < 4.78 is 0. The Bertz CT molecular complexity index is 423. The second-order valence-corrected chi connectivity index (χ2v) is 5.64. The Morgan fingerprint density at radius 3 is 2.50 bits per heavy atom. The predicted molar refractivity (Wildman–Crippen MR) is 96.0 cm³/mol. The molecule has 1 saturated heterocycles. The van der Waals surface area contributed by atoms with Crippen LogP contribution in [-0.4, -0.2) is 44.0 Å². The minimum absolute atomic E-state index is 0. The molecule has 0 spiro atoms. The number of piperidine rings is 1. The molecule has 126 valence electrons. The molecule has 0 aliphatic carbocycles. The molecule has 1 aromatic rings. The van der Waals surface area contributed by atoms with Gasteiger partial charge in [0.25, 0.3) is 0 Å². The third-order valence-electron chi connectivity index (χ3n) is 3.90. The van der Waals surface area contributed by atoms with Crippen molar-refractivity contribution in [1.29, 1.82) is 0 Å². The summed E-state index contributed by atoms with van der Waals surface area (Å²) in [6, 6.07) is 10.5. The van der Waals surface area contributed by atoms with Crippen molar-refractivity contribution in [2.75, 3.05) is 27.2 Å². The molecular formula is C16H27Cl2N3O. The van der Waals surface area contributed by atoms with E-state index < -0.39 is 0 Å². The lowest BCUT2D eigenvalue weighted by Gasteiger charge is -2.27. The molecule has 4 nitrogen and oxygen atoms in total. The van der Waals surface area contributed by atoms with Gasteiger partial charge in [0, 0.05) is 6.54 Å². The van der Waals surface area contributed by atoms with Gasteiger partial charge in [-0.15, -0.1) is 24.8 Å². The van der Waals surface area contributed by atoms with Crippen molar-refractivity contribution in [1.82, 2.24) is 15.5 Å². The van der Waals surface area contributed by atoms with Crippen LogP contribution in [0.3, 0.4) is 0 Å². The summed E-state index contributed by atoms with van der Waals surface area (Å²) in [5.41, 5.74) is 1.23. The predicted octanol–water partition coefficient (Wildman–Crippen LogP) is 2.39. The van der Waals surface area contributed by atoms with E-state index in [0.717, 1.165) is 19.4 Å². The highest BCUT2D eigenvalue weighted by Gasteiger charge is 2.22. The normalized spacial score (nSPS) is 18.8. The smallest absolute Gasteiger partial charge is 0.237 e. The molecule has 1 amide bonds. The fraction of sp³-hybridized carbons (Fsp3) is 0.562. The Balaban J connectivity index is 0.00000220. The zero-order valence-electron chi connectivity index (χ0n) is 13.2. The molecule has 1 aromatic carbocycles. The van der Waals surface area contributed by atoms with Gasteiger partial charge in [0.05, 0.1) is 12.1 Å². The van der Waals surface area contributed by atoms with E-state index >= 15 is 0 Å². The van der Waals surface area contributed by atoms with Crippen molar-refractivity contribution < 1.29 is 4.79 Å². The SMILES string of the molecule is CN(C)C(CNC(=O)[C@@H]1CCCCN1)c1ccccc1.Cl.Cl. The van der Waals surface area contributed by atoms with Crippen LogP contribution in [0.1, 0.15) is 30.9 Å². The van der Waals surface area contributed by atoms with E-state index in [4.69, 9.17) is 0 Å². The average Bonchev–Trinajstić information content (AvgIpc) is 2.49. The highest BCUT2D eigenvalue weighted by Crippen LogP contribution is 2.17. The summed E-state index contributed by atoms with van der Waals surface area (Å²) in [6.45, 7) is 1.60. The summed E-state index contributed by atoms with van der Waals surface area (Å²) in [5.74, 6) is 0.132. The first-order chi connectivity index (χ1) is 9.68. The monoisotopic (exact) mass is 347 g/mol. The van der Waals surface area contributed by atoms with Crippen LogP contribution in [0.5, 0.6) is 0 Å². The van der Waals surface area contributed by atoms with E-state index in [2.05, 4.69) is 27.7 Å². The minimum atomic E-state index is -0.0117. The molecular weight excluding hydrogens is 321 g/mol. The summed E-state index contributed by atoms with van der Waals surface area (Å²) in [7, 11) is 4.09. The molecule has 6 heteroatoms. The standard InChI is InChI=1S/C16H25N3O.2ClH/c1-19(2)15(13-8-4-3-5-9-13)12-18-16(20)14-10-6-7-11-17-14;;/h3-5,8-9,14-15,17H,6-7,10-12H2,1-2H3,(H,18,20);2*1H/t14-,15?;;/m0../s1. The highest BCUT2D eigenvalue weighted by atomic mass is 35.5. The van der Waals surface area contributed by atoms with E-state index in [9.17, 15) is 4.79 Å². The Labute approximate surface area is 145 Å². The van der Waals surface area contributed by atoms with Crippen molar-refractivity contribution in [3.8, 4) is 0 Å². The van der Waals surface area contributed by atoms with Crippen LogP contribution in [0.2, 0.25) is 0 Å². The fourth-order valence-corrected chi connectivity index (χ4v) is 2.67. The number of carbonyl (C=O) groups is 1. The molecule has 2 rings (SSSR count). The van der Waals surface area contributed by atoms with Crippen LogP contribution in [-0.2, 0) is 4.79 Å². The molecule has 2 N–H and O–H groups in total. The molecule has 1 unspecified atom stereocenters. The largest absolute Gasteiger partial charge is 0.353 e. The van der Waals surface area contributed by atoms with Crippen molar-refractivity contribution in [2.24, 2.45) is 0 Å².